The summed E-state index contributed by atoms with van der Waals surface area (Å²) in [5.41, 5.74) is 31.0. The van der Waals surface area contributed by atoms with Crippen molar-refractivity contribution >= 4 is 63.1 Å². The van der Waals surface area contributed by atoms with Crippen LogP contribution in [0.25, 0.3) is 59.2 Å². The fourth-order valence-electron chi connectivity index (χ4n) is 5.15. The summed E-state index contributed by atoms with van der Waals surface area (Å²) >= 11 is 2.71. The van der Waals surface area contributed by atoms with Crippen LogP contribution in [0.3, 0.4) is 0 Å². The minimum absolute atomic E-state index is 0. The molecule has 2 aliphatic heterocycles. The van der Waals surface area contributed by atoms with E-state index in [1.54, 1.807) is 29.7 Å². The summed E-state index contributed by atoms with van der Waals surface area (Å²) in [6.07, 6.45) is 0.00884. The number of nitrogens with zero attached hydrogens (tertiary/aromatic N) is 12. The van der Waals surface area contributed by atoms with Crippen molar-refractivity contribution < 1.29 is 79.0 Å². The largest absolute Gasteiger partial charge is 1.00 e. The zero-order valence-electron chi connectivity index (χ0n) is 29.6. The zero-order chi connectivity index (χ0) is 39.2. The van der Waals surface area contributed by atoms with Gasteiger partial charge in [-0.1, -0.05) is 33.1 Å². The Morgan fingerprint density at radius 1 is 1.07 bits per heavy atom. The fraction of sp³-hybridized carbons (Fsp3) is 0.379. The third-order valence-electron chi connectivity index (χ3n) is 7.15. The van der Waals surface area contributed by atoms with E-state index in [-0.39, 0.29) is 94.8 Å². The zero-order valence-corrected chi connectivity index (χ0v) is 34.0. The molecule has 0 bridgehead atoms. The first kappa shape index (κ1) is 52.0. The maximum absolute atomic E-state index is 13.6. The van der Waals surface area contributed by atoms with Gasteiger partial charge in [0.1, 0.15) is 30.8 Å². The number of benzene rings is 1. The molecule has 4 heterocycles. The van der Waals surface area contributed by atoms with E-state index >= 15 is 0 Å². The van der Waals surface area contributed by atoms with E-state index in [4.69, 9.17) is 46.8 Å². The van der Waals surface area contributed by atoms with E-state index in [2.05, 4.69) is 36.0 Å². The number of ether oxygens (including phenoxy) is 2. The van der Waals surface area contributed by atoms with Crippen molar-refractivity contribution in [2.75, 3.05) is 32.5 Å². The van der Waals surface area contributed by atoms with Crippen LogP contribution in [0.5, 0.6) is 5.75 Å². The van der Waals surface area contributed by atoms with Crippen LogP contribution in [0.1, 0.15) is 35.6 Å². The number of alkyl halides is 1. The number of rotatable bonds is 9. The Hall–Kier alpha value is -5.12. The summed E-state index contributed by atoms with van der Waals surface area (Å²) in [4.78, 5) is 70.8. The Kier molecular flexibility index (Phi) is 23.0. The number of phenolic OH excluding ortho intramolecular Hbond substituents is 1. The van der Waals surface area contributed by atoms with Gasteiger partial charge in [-0.05, 0) is 55.8 Å². The van der Waals surface area contributed by atoms with E-state index in [0.717, 1.165) is 16.5 Å². The number of aromatic hydroxyl groups is 1. The molecule has 2 aromatic heterocycles. The first-order valence-corrected chi connectivity index (χ1v) is 15.7. The van der Waals surface area contributed by atoms with E-state index < -0.39 is 42.6 Å². The molecule has 3 aromatic rings. The topological polar surface area (TPSA) is 373 Å². The average molecular weight is 864 g/mol. The molecule has 23 nitrogen and oxygen atoms in total. The Morgan fingerprint density at radius 2 is 1.65 bits per heavy atom. The molecule has 26 heteroatoms. The number of pyridine rings is 2. The van der Waals surface area contributed by atoms with Crippen molar-refractivity contribution in [3.63, 3.8) is 0 Å². The van der Waals surface area contributed by atoms with Gasteiger partial charge in [-0.15, -0.1) is 12.4 Å². The molecule has 5 rings (SSSR count). The third kappa shape index (κ3) is 13.0. The molecule has 0 amide bonds. The van der Waals surface area contributed by atoms with Crippen LogP contribution in [0.4, 0.5) is 0 Å². The van der Waals surface area contributed by atoms with Gasteiger partial charge < -0.3 is 50.8 Å². The van der Waals surface area contributed by atoms with Crippen LogP contribution < -0.4 is 35.1 Å². The summed E-state index contributed by atoms with van der Waals surface area (Å²) in [6.45, 7) is 1.06. The van der Waals surface area contributed by atoms with Gasteiger partial charge >= 0.3 is 53.4 Å². The number of hydrogen-bond donors (Lipinski definition) is 3. The van der Waals surface area contributed by atoms with Gasteiger partial charge in [0.25, 0.3) is 5.56 Å². The second-order valence-corrected chi connectivity index (χ2v) is 11.3. The minimum atomic E-state index is -1.85. The van der Waals surface area contributed by atoms with Gasteiger partial charge in [-0.3, -0.25) is 24.1 Å². The molecule has 1 aromatic carbocycles. The molecule has 0 saturated heterocycles. The maximum Gasteiger partial charge on any atom is 1.00 e. The first-order chi connectivity index (χ1) is 24.6. The second-order valence-electron chi connectivity index (χ2n) is 10.7. The number of hydrogen-bond acceptors (Lipinski definition) is 12. The Bertz CT molecular complexity index is 2090. The number of phenols is 1. The summed E-state index contributed by atoms with van der Waals surface area (Å²) < 4.78 is 12.4. The van der Waals surface area contributed by atoms with Crippen molar-refractivity contribution in [3.8, 4) is 17.1 Å². The molecule has 0 fully saturated rings. The SMILES string of the molecule is CC[C@@]1(OC(=O)CN=[N+]=[N-])C(=O)OCc2c1cc1n(c2=O)Cc2cc3c(CN(C)C)c(O)ccc3nc2-1.Cl.O.O=C(O)CBr.[N-]=[N+]=NCC(=O)O.[N-]=[N+]=[N-].[Na+]. The molecule has 0 radical (unpaired) electrons. The number of fused-ring (bicyclic) bond motifs is 5. The van der Waals surface area contributed by atoms with Gasteiger partial charge in [-0.2, -0.15) is 0 Å². The predicted molar refractivity (Wildman–Crippen MR) is 195 cm³/mol. The molecule has 0 unspecified atom stereocenters. The van der Waals surface area contributed by atoms with E-state index in [1.807, 2.05) is 25.1 Å². The predicted octanol–water partition coefficient (Wildman–Crippen LogP) is 1.02. The first-order valence-electron chi connectivity index (χ1n) is 14.6. The number of carboxylic acids is 2. The number of azide groups is 2. The standard InChI is InChI=1S/C25H24N6O6.C2H3BrO2.C2H3N3O2.ClH.N3.Na.H2O/c1-4-25(37-21(33)9-27-29-26)17-8-19-22-13(10-31(19)23(34)16(17)12-36-24(25)35)7-14-15(11-30(2)3)20(32)6-5-18(14)28-22;3-1-2(4)5;3-5-4-1-2(6)7;;1-3-2;;/h5-8,32H,4,9-12H2,1-3H3;1H2,(H,4,5);1H2,(H,6,7);1H;;;1H2/q;;;;-1;+1;/t25-;;;;;;/m0....../s1. The Labute approximate surface area is 347 Å². The molecule has 2 aliphatic rings. The monoisotopic (exact) mass is 862 g/mol. The molecule has 0 saturated carbocycles. The average Bonchev–Trinajstić information content (AvgIpc) is 3.46. The number of carbonyl (C=O) groups excluding carboxylic acids is 2. The number of halogens is 2. The second kappa shape index (κ2) is 24.3. The number of aromatic nitrogens is 2. The Balaban J connectivity index is 0. The number of aliphatic carboxylic acids is 2. The molecule has 0 spiro atoms. The van der Waals surface area contributed by atoms with Crippen molar-refractivity contribution in [1.29, 1.82) is 0 Å². The van der Waals surface area contributed by atoms with Gasteiger partial charge in [-0.25, -0.2) is 9.78 Å². The fourth-order valence-corrected chi connectivity index (χ4v) is 5.15. The van der Waals surface area contributed by atoms with Crippen LogP contribution in [0, 0.1) is 0 Å². The van der Waals surface area contributed by atoms with Crippen LogP contribution >= 0.6 is 28.3 Å². The quantitative estimate of drug-likeness (QED) is 0.0530. The van der Waals surface area contributed by atoms with Gasteiger partial charge in [0.2, 0.25) is 5.60 Å². The molecule has 290 valence electrons. The van der Waals surface area contributed by atoms with Gasteiger partial charge in [0.15, 0.2) is 0 Å². The van der Waals surface area contributed by atoms with E-state index in [1.165, 1.54) is 4.91 Å². The molecule has 0 aliphatic carbocycles. The van der Waals surface area contributed by atoms with Crippen LogP contribution in [0.15, 0.2) is 39.3 Å². The number of cyclic esters (lactones) is 1. The number of carboxylic acid groups (broad SMARTS) is 2. The normalized spacial score (nSPS) is 13.5. The molecule has 5 N–H and O–H groups in total. The molecular formula is C29H33BrClN12NaO11. The van der Waals surface area contributed by atoms with Crippen LogP contribution in [-0.4, -0.2) is 91.6 Å². The number of esters is 2. The summed E-state index contributed by atoms with van der Waals surface area (Å²) in [6, 6.07) is 6.90. The number of carbonyl (C=O) groups is 4. The smallest absolute Gasteiger partial charge is 0.508 e. The summed E-state index contributed by atoms with van der Waals surface area (Å²) in [5, 5.41) is 32.7. The molecule has 1 atom stereocenters. The van der Waals surface area contributed by atoms with E-state index in [9.17, 15) is 29.1 Å². The van der Waals surface area contributed by atoms with Gasteiger partial charge in [0.05, 0.1) is 29.0 Å². The van der Waals surface area contributed by atoms with Crippen molar-refractivity contribution in [3.05, 3.63) is 93.7 Å². The summed E-state index contributed by atoms with van der Waals surface area (Å²) in [7, 11) is 3.81. The maximum atomic E-state index is 13.6. The third-order valence-corrected chi connectivity index (χ3v) is 7.63. The van der Waals surface area contributed by atoms with E-state index in [0.29, 0.717) is 23.4 Å². The minimum Gasteiger partial charge on any atom is -0.508 e. The van der Waals surface area contributed by atoms with Gasteiger partial charge in [0, 0.05) is 38.4 Å². The summed E-state index contributed by atoms with van der Waals surface area (Å²) in [5.74, 6) is -3.49. The van der Waals surface area contributed by atoms with Crippen molar-refractivity contribution in [2.45, 2.75) is 38.6 Å². The Morgan fingerprint density at radius 3 is 2.15 bits per heavy atom. The molecule has 55 heavy (non-hydrogen) atoms. The van der Waals surface area contributed by atoms with Crippen LogP contribution in [0.2, 0.25) is 0 Å². The van der Waals surface area contributed by atoms with Crippen LogP contribution in [-0.2, 0) is 53.9 Å². The molecular weight excluding hydrogens is 831 g/mol. The van der Waals surface area contributed by atoms with Crippen molar-refractivity contribution in [1.82, 2.24) is 14.5 Å². The van der Waals surface area contributed by atoms with Crippen molar-refractivity contribution in [2.24, 2.45) is 10.2 Å².